The molecule has 0 aliphatic heterocycles. The summed E-state index contributed by atoms with van der Waals surface area (Å²) in [6, 6.07) is 15.5. The highest BCUT2D eigenvalue weighted by Gasteiger charge is 2.14. The number of aryl methyl sites for hydroxylation is 1. The highest BCUT2D eigenvalue weighted by atomic mass is 79.9. The van der Waals surface area contributed by atoms with Gasteiger partial charge in [0.25, 0.3) is 5.91 Å². The van der Waals surface area contributed by atoms with Gasteiger partial charge in [-0.1, -0.05) is 45.8 Å². The summed E-state index contributed by atoms with van der Waals surface area (Å²) in [5.74, 6) is 0.551. The van der Waals surface area contributed by atoms with Crippen LogP contribution in [0.5, 0.6) is 5.75 Å². The number of carbonyl (C=O) groups excluding carboxylic acids is 1. The van der Waals surface area contributed by atoms with Crippen LogP contribution in [-0.4, -0.2) is 12.0 Å². The van der Waals surface area contributed by atoms with E-state index < -0.39 is 6.10 Å². The monoisotopic (exact) mass is 347 g/mol. The van der Waals surface area contributed by atoms with Crippen LogP contribution in [-0.2, 0) is 11.3 Å². The third kappa shape index (κ3) is 4.90. The average Bonchev–Trinajstić information content (AvgIpc) is 2.48. The Bertz CT molecular complexity index is 593. The highest BCUT2D eigenvalue weighted by molar-refractivity contribution is 9.10. The molecule has 0 heterocycles. The molecule has 21 heavy (non-hydrogen) atoms. The lowest BCUT2D eigenvalue weighted by molar-refractivity contribution is -0.127. The molecule has 0 unspecified atom stereocenters. The van der Waals surface area contributed by atoms with E-state index in [1.165, 1.54) is 5.56 Å². The van der Waals surface area contributed by atoms with Gasteiger partial charge in [-0.25, -0.2) is 0 Å². The maximum atomic E-state index is 12.0. The Morgan fingerprint density at radius 1 is 1.14 bits per heavy atom. The van der Waals surface area contributed by atoms with Gasteiger partial charge in [-0.05, 0) is 43.7 Å². The number of rotatable bonds is 5. The van der Waals surface area contributed by atoms with Gasteiger partial charge in [-0.2, -0.15) is 0 Å². The quantitative estimate of drug-likeness (QED) is 0.892. The number of hydrogen-bond acceptors (Lipinski definition) is 2. The van der Waals surface area contributed by atoms with Crippen LogP contribution in [0.3, 0.4) is 0 Å². The standard InChI is InChI=1S/C17H18BrNO2/c1-12-3-5-14(6-4-12)11-19-17(20)13(2)21-16-9-7-15(18)8-10-16/h3-10,13H,11H2,1-2H3,(H,19,20)/t13-/m0/s1. The van der Waals surface area contributed by atoms with Crippen molar-refractivity contribution < 1.29 is 9.53 Å². The molecule has 0 fully saturated rings. The molecule has 0 saturated carbocycles. The summed E-state index contributed by atoms with van der Waals surface area (Å²) in [5, 5.41) is 2.88. The van der Waals surface area contributed by atoms with Crippen molar-refractivity contribution in [1.82, 2.24) is 5.32 Å². The van der Waals surface area contributed by atoms with Gasteiger partial charge < -0.3 is 10.1 Å². The zero-order valence-corrected chi connectivity index (χ0v) is 13.7. The fourth-order valence-corrected chi connectivity index (χ4v) is 2.07. The molecule has 0 radical (unpaired) electrons. The second-order valence-electron chi connectivity index (χ2n) is 4.92. The average molecular weight is 348 g/mol. The SMILES string of the molecule is Cc1ccc(CNC(=O)[C@H](C)Oc2ccc(Br)cc2)cc1. The zero-order valence-electron chi connectivity index (χ0n) is 12.1. The lowest BCUT2D eigenvalue weighted by Crippen LogP contribution is -2.35. The van der Waals surface area contributed by atoms with Crippen molar-refractivity contribution in [3.05, 3.63) is 64.1 Å². The summed E-state index contributed by atoms with van der Waals surface area (Å²) >= 11 is 3.36. The molecular weight excluding hydrogens is 330 g/mol. The normalized spacial score (nSPS) is 11.8. The van der Waals surface area contributed by atoms with E-state index in [2.05, 4.69) is 21.2 Å². The molecule has 4 heteroatoms. The van der Waals surface area contributed by atoms with E-state index in [0.29, 0.717) is 12.3 Å². The summed E-state index contributed by atoms with van der Waals surface area (Å²) in [5.41, 5.74) is 2.28. The molecule has 1 atom stereocenters. The van der Waals surface area contributed by atoms with E-state index in [0.717, 1.165) is 10.0 Å². The van der Waals surface area contributed by atoms with Gasteiger partial charge in [0.15, 0.2) is 6.10 Å². The fourth-order valence-electron chi connectivity index (χ4n) is 1.81. The van der Waals surface area contributed by atoms with Crippen LogP contribution in [0.1, 0.15) is 18.1 Å². The molecule has 110 valence electrons. The number of nitrogens with one attached hydrogen (secondary N) is 1. The first-order valence-corrected chi connectivity index (χ1v) is 7.59. The zero-order chi connectivity index (χ0) is 15.2. The Hall–Kier alpha value is -1.81. The van der Waals surface area contributed by atoms with E-state index in [9.17, 15) is 4.79 Å². The third-order valence-electron chi connectivity index (χ3n) is 3.08. The number of ether oxygens (including phenoxy) is 1. The summed E-state index contributed by atoms with van der Waals surface area (Å²) in [7, 11) is 0. The molecule has 0 aromatic heterocycles. The van der Waals surface area contributed by atoms with Crippen LogP contribution < -0.4 is 10.1 Å². The topological polar surface area (TPSA) is 38.3 Å². The van der Waals surface area contributed by atoms with Crippen molar-refractivity contribution in [1.29, 1.82) is 0 Å². The van der Waals surface area contributed by atoms with Crippen molar-refractivity contribution in [2.45, 2.75) is 26.5 Å². The van der Waals surface area contributed by atoms with Gasteiger partial charge in [0, 0.05) is 11.0 Å². The molecule has 3 nitrogen and oxygen atoms in total. The lowest BCUT2D eigenvalue weighted by Gasteiger charge is -2.15. The largest absolute Gasteiger partial charge is 0.481 e. The maximum absolute atomic E-state index is 12.0. The molecule has 2 rings (SSSR count). The van der Waals surface area contributed by atoms with Crippen LogP contribution in [0, 0.1) is 6.92 Å². The third-order valence-corrected chi connectivity index (χ3v) is 3.61. The number of benzene rings is 2. The first-order valence-electron chi connectivity index (χ1n) is 6.80. The van der Waals surface area contributed by atoms with Crippen LogP contribution in [0.25, 0.3) is 0 Å². The molecule has 0 spiro atoms. The first kappa shape index (κ1) is 15.6. The smallest absolute Gasteiger partial charge is 0.261 e. The highest BCUT2D eigenvalue weighted by Crippen LogP contribution is 2.17. The van der Waals surface area contributed by atoms with E-state index in [1.54, 1.807) is 6.92 Å². The van der Waals surface area contributed by atoms with Crippen LogP contribution in [0.15, 0.2) is 53.0 Å². The van der Waals surface area contributed by atoms with Gasteiger partial charge in [-0.15, -0.1) is 0 Å². The van der Waals surface area contributed by atoms with Crippen LogP contribution in [0.2, 0.25) is 0 Å². The molecule has 2 aromatic carbocycles. The molecule has 0 bridgehead atoms. The number of carbonyl (C=O) groups is 1. The number of halogens is 1. The van der Waals surface area contributed by atoms with Crippen LogP contribution in [0.4, 0.5) is 0 Å². The molecular formula is C17H18BrNO2. The van der Waals surface area contributed by atoms with Gasteiger partial charge in [0.05, 0.1) is 0 Å². The number of amides is 1. The molecule has 1 N–H and O–H groups in total. The summed E-state index contributed by atoms with van der Waals surface area (Å²) in [6.07, 6.45) is -0.531. The summed E-state index contributed by atoms with van der Waals surface area (Å²) < 4.78 is 6.58. The number of hydrogen-bond donors (Lipinski definition) is 1. The van der Waals surface area contributed by atoms with Crippen molar-refractivity contribution in [3.63, 3.8) is 0 Å². The van der Waals surface area contributed by atoms with Crippen molar-refractivity contribution >= 4 is 21.8 Å². The van der Waals surface area contributed by atoms with E-state index in [-0.39, 0.29) is 5.91 Å². The van der Waals surface area contributed by atoms with Gasteiger partial charge in [0.1, 0.15) is 5.75 Å². The lowest BCUT2D eigenvalue weighted by atomic mass is 10.1. The van der Waals surface area contributed by atoms with E-state index in [1.807, 2.05) is 55.5 Å². The Balaban J connectivity index is 1.84. The van der Waals surface area contributed by atoms with Crippen molar-refractivity contribution in [2.24, 2.45) is 0 Å². The molecule has 2 aromatic rings. The Morgan fingerprint density at radius 2 is 1.76 bits per heavy atom. The minimum absolute atomic E-state index is 0.126. The maximum Gasteiger partial charge on any atom is 0.261 e. The Kier molecular flexibility index (Phi) is 5.39. The Morgan fingerprint density at radius 3 is 2.38 bits per heavy atom. The predicted octanol–water partition coefficient (Wildman–Crippen LogP) is 3.84. The Labute approximate surface area is 133 Å². The molecule has 0 aliphatic rings. The molecule has 0 saturated heterocycles. The minimum atomic E-state index is -0.531. The van der Waals surface area contributed by atoms with Gasteiger partial charge in [0.2, 0.25) is 0 Å². The second kappa shape index (κ2) is 7.27. The van der Waals surface area contributed by atoms with Crippen molar-refractivity contribution in [2.75, 3.05) is 0 Å². The fraction of sp³-hybridized carbons (Fsp3) is 0.235. The van der Waals surface area contributed by atoms with Crippen LogP contribution >= 0.6 is 15.9 Å². The summed E-state index contributed by atoms with van der Waals surface area (Å²) in [6.45, 7) is 4.29. The summed E-state index contributed by atoms with van der Waals surface area (Å²) in [4.78, 5) is 12.0. The molecule has 1 amide bonds. The van der Waals surface area contributed by atoms with E-state index in [4.69, 9.17) is 4.74 Å². The van der Waals surface area contributed by atoms with Gasteiger partial charge >= 0.3 is 0 Å². The first-order chi connectivity index (χ1) is 10.0. The second-order valence-corrected chi connectivity index (χ2v) is 5.83. The van der Waals surface area contributed by atoms with Gasteiger partial charge in [-0.3, -0.25) is 4.79 Å². The van der Waals surface area contributed by atoms with E-state index >= 15 is 0 Å². The predicted molar refractivity (Wildman–Crippen MR) is 87.3 cm³/mol. The molecule has 0 aliphatic carbocycles. The van der Waals surface area contributed by atoms with Crippen molar-refractivity contribution in [3.8, 4) is 5.75 Å². The minimum Gasteiger partial charge on any atom is -0.481 e.